The molecule has 10 heteroatoms. The maximum absolute atomic E-state index is 12.2. The van der Waals surface area contributed by atoms with Crippen molar-refractivity contribution in [1.29, 1.82) is 0 Å². The molecule has 0 aliphatic heterocycles. The molecule has 2 amide bonds. The first-order valence-electron chi connectivity index (χ1n) is 12.5. The number of unbranched alkanes of at least 4 members (excludes halogenated alkanes) is 5. The largest absolute Gasteiger partial charge is 0.302 e. The molecular formula is C28H28Cl2N4O2S2. The minimum Gasteiger partial charge on any atom is -0.302 e. The van der Waals surface area contributed by atoms with Crippen LogP contribution in [0.3, 0.4) is 0 Å². The van der Waals surface area contributed by atoms with Crippen LogP contribution in [0.5, 0.6) is 0 Å². The number of rotatable bonds is 13. The van der Waals surface area contributed by atoms with Gasteiger partial charge in [0.25, 0.3) is 0 Å². The molecule has 0 atom stereocenters. The molecule has 4 aromatic rings. The summed E-state index contributed by atoms with van der Waals surface area (Å²) >= 11 is 14.7. The van der Waals surface area contributed by atoms with E-state index in [2.05, 4.69) is 20.6 Å². The summed E-state index contributed by atoms with van der Waals surface area (Å²) in [5.41, 5.74) is 3.58. The van der Waals surface area contributed by atoms with Gasteiger partial charge < -0.3 is 10.6 Å². The zero-order valence-corrected chi connectivity index (χ0v) is 23.9. The molecule has 0 radical (unpaired) electrons. The molecule has 0 bridgehead atoms. The van der Waals surface area contributed by atoms with E-state index in [4.69, 9.17) is 23.2 Å². The number of carbonyl (C=O) groups excluding carboxylic acids is 2. The summed E-state index contributed by atoms with van der Waals surface area (Å²) in [6, 6.07) is 14.9. The van der Waals surface area contributed by atoms with Crippen LogP contribution in [0.1, 0.15) is 51.4 Å². The van der Waals surface area contributed by atoms with Crippen LogP contribution in [0.25, 0.3) is 22.5 Å². The summed E-state index contributed by atoms with van der Waals surface area (Å²) in [6.45, 7) is 0. The Morgan fingerprint density at radius 2 is 0.974 bits per heavy atom. The van der Waals surface area contributed by atoms with Crippen molar-refractivity contribution in [3.8, 4) is 22.5 Å². The maximum Gasteiger partial charge on any atom is 0.226 e. The number of hydrogen-bond acceptors (Lipinski definition) is 6. The molecule has 0 aliphatic rings. The van der Waals surface area contributed by atoms with Crippen LogP contribution in [-0.4, -0.2) is 21.8 Å². The number of halogens is 2. The fraction of sp³-hybridized carbons (Fsp3) is 0.286. The molecule has 38 heavy (non-hydrogen) atoms. The predicted octanol–water partition coefficient (Wildman–Crippen LogP) is 8.94. The van der Waals surface area contributed by atoms with Gasteiger partial charge in [0.2, 0.25) is 11.8 Å². The number of nitrogens with one attached hydrogen (secondary N) is 2. The third-order valence-electron chi connectivity index (χ3n) is 5.84. The highest BCUT2D eigenvalue weighted by molar-refractivity contribution is 7.14. The standard InChI is InChI=1S/C28H28Cl2N4O2S2/c29-21-13-9-19(10-14-21)23-17-37-27(31-23)33-25(35)7-5-3-1-2-4-6-8-26(36)34-28-32-24(18-38-28)20-11-15-22(30)16-12-20/h9-18H,1-8H2,(H,31,33,35)(H,32,34,36). The number of carbonyl (C=O) groups is 2. The minimum atomic E-state index is -0.0138. The highest BCUT2D eigenvalue weighted by atomic mass is 35.5. The Morgan fingerprint density at radius 1 is 0.605 bits per heavy atom. The monoisotopic (exact) mass is 586 g/mol. The summed E-state index contributed by atoms with van der Waals surface area (Å²) in [5, 5.41) is 12.2. The number of anilines is 2. The van der Waals surface area contributed by atoms with E-state index in [9.17, 15) is 9.59 Å². The van der Waals surface area contributed by atoms with Gasteiger partial charge in [0, 0.05) is 44.8 Å². The molecule has 4 rings (SSSR count). The first-order valence-corrected chi connectivity index (χ1v) is 15.0. The molecule has 6 nitrogen and oxygen atoms in total. The van der Waals surface area contributed by atoms with E-state index in [1.807, 2.05) is 59.3 Å². The Morgan fingerprint density at radius 3 is 1.37 bits per heavy atom. The van der Waals surface area contributed by atoms with Crippen LogP contribution in [0, 0.1) is 0 Å². The lowest BCUT2D eigenvalue weighted by Crippen LogP contribution is -2.11. The normalized spacial score (nSPS) is 10.9. The van der Waals surface area contributed by atoms with Crippen molar-refractivity contribution in [2.75, 3.05) is 10.6 Å². The molecule has 2 N–H and O–H groups in total. The SMILES string of the molecule is O=C(CCCCCCCCC(=O)Nc1nc(-c2ccc(Cl)cc2)cs1)Nc1nc(-c2ccc(Cl)cc2)cs1. The van der Waals surface area contributed by atoms with Gasteiger partial charge in [-0.05, 0) is 37.1 Å². The highest BCUT2D eigenvalue weighted by Gasteiger charge is 2.10. The van der Waals surface area contributed by atoms with Crippen molar-refractivity contribution in [2.45, 2.75) is 51.4 Å². The Bertz CT molecular complexity index is 1230. The van der Waals surface area contributed by atoms with E-state index < -0.39 is 0 Å². The van der Waals surface area contributed by atoms with Crippen LogP contribution in [-0.2, 0) is 9.59 Å². The van der Waals surface area contributed by atoms with E-state index in [1.54, 1.807) is 0 Å². The van der Waals surface area contributed by atoms with Gasteiger partial charge in [0.1, 0.15) is 0 Å². The van der Waals surface area contributed by atoms with Gasteiger partial charge >= 0.3 is 0 Å². The van der Waals surface area contributed by atoms with Gasteiger partial charge in [-0.1, -0.05) is 73.2 Å². The third kappa shape index (κ3) is 8.91. The number of thiazole rings is 2. The average Bonchev–Trinajstić information content (AvgIpc) is 3.56. The van der Waals surface area contributed by atoms with Crippen molar-refractivity contribution in [2.24, 2.45) is 0 Å². The first kappa shape index (κ1) is 28.2. The molecule has 2 aromatic heterocycles. The van der Waals surface area contributed by atoms with Crippen molar-refractivity contribution in [3.63, 3.8) is 0 Å². The molecule has 198 valence electrons. The average molecular weight is 588 g/mol. The van der Waals surface area contributed by atoms with Gasteiger partial charge in [-0.3, -0.25) is 9.59 Å². The van der Waals surface area contributed by atoms with Gasteiger partial charge in [0.15, 0.2) is 10.3 Å². The number of amides is 2. The summed E-state index contributed by atoms with van der Waals surface area (Å²) in [6.07, 6.45) is 6.69. The zero-order chi connectivity index (χ0) is 26.7. The molecule has 0 spiro atoms. The van der Waals surface area contributed by atoms with Gasteiger partial charge in [-0.25, -0.2) is 9.97 Å². The second-order valence-corrected chi connectivity index (χ2v) is 11.4. The Labute approximate surface area is 240 Å². The van der Waals surface area contributed by atoms with Crippen molar-refractivity contribution >= 4 is 68.0 Å². The van der Waals surface area contributed by atoms with Crippen LogP contribution >= 0.6 is 45.9 Å². The Balaban J connectivity index is 1.04. The second-order valence-electron chi connectivity index (χ2n) is 8.81. The summed E-state index contributed by atoms with van der Waals surface area (Å²) in [5.74, 6) is -0.0276. The number of benzene rings is 2. The molecule has 0 aliphatic carbocycles. The third-order valence-corrected chi connectivity index (χ3v) is 7.86. The molecule has 0 fully saturated rings. The Kier molecular flexibility index (Phi) is 10.7. The lowest BCUT2D eigenvalue weighted by atomic mass is 10.1. The van der Waals surface area contributed by atoms with E-state index in [-0.39, 0.29) is 11.8 Å². The summed E-state index contributed by atoms with van der Waals surface area (Å²) in [7, 11) is 0. The van der Waals surface area contributed by atoms with E-state index in [0.29, 0.717) is 33.2 Å². The molecule has 0 saturated heterocycles. The molecule has 2 aromatic carbocycles. The quantitative estimate of drug-likeness (QED) is 0.153. The smallest absolute Gasteiger partial charge is 0.226 e. The van der Waals surface area contributed by atoms with Gasteiger partial charge in [0.05, 0.1) is 11.4 Å². The van der Waals surface area contributed by atoms with Crippen molar-refractivity contribution < 1.29 is 9.59 Å². The lowest BCUT2D eigenvalue weighted by molar-refractivity contribution is -0.117. The number of aromatic nitrogens is 2. The lowest BCUT2D eigenvalue weighted by Gasteiger charge is -2.04. The summed E-state index contributed by atoms with van der Waals surface area (Å²) < 4.78 is 0. The van der Waals surface area contributed by atoms with Crippen molar-refractivity contribution in [1.82, 2.24) is 9.97 Å². The predicted molar refractivity (Wildman–Crippen MR) is 159 cm³/mol. The van der Waals surface area contributed by atoms with Gasteiger partial charge in [-0.2, -0.15) is 0 Å². The highest BCUT2D eigenvalue weighted by Crippen LogP contribution is 2.27. The van der Waals surface area contributed by atoms with Crippen LogP contribution < -0.4 is 10.6 Å². The van der Waals surface area contributed by atoms with E-state index in [1.165, 1.54) is 22.7 Å². The van der Waals surface area contributed by atoms with Crippen LogP contribution in [0.2, 0.25) is 10.0 Å². The molecule has 0 unspecified atom stereocenters. The number of nitrogens with zero attached hydrogens (tertiary/aromatic N) is 2. The minimum absolute atomic E-state index is 0.0138. The molecule has 2 heterocycles. The Hall–Kier alpha value is -2.78. The van der Waals surface area contributed by atoms with Crippen molar-refractivity contribution in [3.05, 3.63) is 69.3 Å². The van der Waals surface area contributed by atoms with E-state index >= 15 is 0 Å². The fourth-order valence-corrected chi connectivity index (χ4v) is 5.53. The first-order chi connectivity index (χ1) is 18.5. The van der Waals surface area contributed by atoms with Crippen LogP contribution in [0.15, 0.2) is 59.3 Å². The zero-order valence-electron chi connectivity index (χ0n) is 20.7. The maximum atomic E-state index is 12.2. The molecular weight excluding hydrogens is 559 g/mol. The molecule has 0 saturated carbocycles. The number of hydrogen-bond donors (Lipinski definition) is 2. The van der Waals surface area contributed by atoms with Crippen LogP contribution in [0.4, 0.5) is 10.3 Å². The van der Waals surface area contributed by atoms with E-state index in [0.717, 1.165) is 61.0 Å². The fourth-order valence-electron chi connectivity index (χ4n) is 3.81. The van der Waals surface area contributed by atoms with Gasteiger partial charge in [-0.15, -0.1) is 22.7 Å². The summed E-state index contributed by atoms with van der Waals surface area (Å²) in [4.78, 5) is 33.5. The topological polar surface area (TPSA) is 84.0 Å². The second kappa shape index (κ2) is 14.4.